The normalized spacial score (nSPS) is 10.8. The molecule has 1 aromatic carbocycles. The van der Waals surface area contributed by atoms with Crippen LogP contribution in [0.25, 0.3) is 0 Å². The summed E-state index contributed by atoms with van der Waals surface area (Å²) in [6.45, 7) is 0. The number of rotatable bonds is 1. The van der Waals surface area contributed by atoms with Gasteiger partial charge >= 0.3 is 0 Å². The molecule has 68 valence electrons. The van der Waals surface area contributed by atoms with Crippen molar-refractivity contribution in [2.24, 2.45) is 5.14 Å². The van der Waals surface area contributed by atoms with Crippen LogP contribution in [0.2, 0.25) is 0 Å². The van der Waals surface area contributed by atoms with Crippen molar-refractivity contribution in [3.05, 3.63) is 27.3 Å². The highest BCUT2D eigenvalue weighted by Gasteiger charge is 2.09. The first-order valence-corrected chi connectivity index (χ1v) is 5.80. The Morgan fingerprint density at radius 3 is 2.54 bits per heavy atom. The van der Waals surface area contributed by atoms with Crippen LogP contribution in [0.15, 0.2) is 23.1 Å². The molecule has 1 rings (SSSR count). The maximum atomic E-state index is 10.9. The number of primary sulfonamides is 1. The summed E-state index contributed by atoms with van der Waals surface area (Å²) in [5.41, 5.74) is 0.312. The molecule has 0 unspecified atom stereocenters. The van der Waals surface area contributed by atoms with Crippen molar-refractivity contribution in [1.82, 2.24) is 0 Å². The van der Waals surface area contributed by atoms with Gasteiger partial charge in [-0.05, 0) is 40.8 Å². The summed E-state index contributed by atoms with van der Waals surface area (Å²) in [6.07, 6.45) is 0. The summed E-state index contributed by atoms with van der Waals surface area (Å²) in [6, 6.07) is 6.05. The first kappa shape index (κ1) is 10.4. The Morgan fingerprint density at radius 1 is 1.46 bits per heavy atom. The highest BCUT2D eigenvalue weighted by atomic mass is 127. The molecule has 0 aliphatic rings. The average Bonchev–Trinajstić information content (AvgIpc) is 2.03. The van der Waals surface area contributed by atoms with Gasteiger partial charge in [0.05, 0.1) is 10.5 Å². The van der Waals surface area contributed by atoms with Crippen molar-refractivity contribution in [2.75, 3.05) is 0 Å². The monoisotopic (exact) mass is 308 g/mol. The maximum Gasteiger partial charge on any atom is 0.238 e. The smallest absolute Gasteiger partial charge is 0.225 e. The summed E-state index contributed by atoms with van der Waals surface area (Å²) in [5.74, 6) is 0. The van der Waals surface area contributed by atoms with Gasteiger partial charge in [-0.25, -0.2) is 13.6 Å². The van der Waals surface area contributed by atoms with Crippen LogP contribution in [0.5, 0.6) is 0 Å². The molecule has 2 N–H and O–H groups in total. The summed E-state index contributed by atoms with van der Waals surface area (Å²) in [7, 11) is -3.71. The van der Waals surface area contributed by atoms with Crippen LogP contribution in [0.1, 0.15) is 5.56 Å². The summed E-state index contributed by atoms with van der Waals surface area (Å²) < 4.78 is 22.5. The van der Waals surface area contributed by atoms with Crippen LogP contribution in [-0.4, -0.2) is 8.42 Å². The molecule has 13 heavy (non-hydrogen) atoms. The Hall–Kier alpha value is -0.650. The van der Waals surface area contributed by atoms with Crippen LogP contribution in [-0.2, 0) is 10.0 Å². The van der Waals surface area contributed by atoms with Gasteiger partial charge in [-0.1, -0.05) is 0 Å². The van der Waals surface area contributed by atoms with Gasteiger partial charge < -0.3 is 0 Å². The maximum absolute atomic E-state index is 10.9. The minimum Gasteiger partial charge on any atom is -0.225 e. The lowest BCUT2D eigenvalue weighted by Crippen LogP contribution is -2.12. The Kier molecular flexibility index (Phi) is 2.90. The van der Waals surface area contributed by atoms with E-state index in [4.69, 9.17) is 10.4 Å². The minimum atomic E-state index is -3.71. The molecule has 0 fully saturated rings. The fourth-order valence-electron chi connectivity index (χ4n) is 0.767. The molecule has 0 spiro atoms. The predicted molar refractivity (Wildman–Crippen MR) is 55.2 cm³/mol. The van der Waals surface area contributed by atoms with Crippen molar-refractivity contribution in [1.29, 1.82) is 5.26 Å². The topological polar surface area (TPSA) is 83.9 Å². The van der Waals surface area contributed by atoms with Gasteiger partial charge in [-0.2, -0.15) is 5.26 Å². The first-order valence-electron chi connectivity index (χ1n) is 3.17. The van der Waals surface area contributed by atoms with Crippen LogP contribution in [0.4, 0.5) is 0 Å². The van der Waals surface area contributed by atoms with Gasteiger partial charge in [0.2, 0.25) is 10.0 Å². The van der Waals surface area contributed by atoms with E-state index in [-0.39, 0.29) is 4.90 Å². The van der Waals surface area contributed by atoms with Crippen molar-refractivity contribution in [2.45, 2.75) is 4.90 Å². The zero-order valence-corrected chi connectivity index (χ0v) is 9.33. The predicted octanol–water partition coefficient (Wildman–Crippen LogP) is 0.810. The Bertz CT molecular complexity index is 476. The van der Waals surface area contributed by atoms with E-state index in [1.165, 1.54) is 12.1 Å². The Balaban J connectivity index is 3.41. The number of nitrogens with zero attached hydrogens (tertiary/aromatic N) is 1. The number of nitriles is 1. The molecule has 0 saturated heterocycles. The standard InChI is InChI=1S/C7H5IN2O2S/c8-7-2-1-6(13(10,11)12)3-5(7)4-9/h1-3H,(H2,10,11,12). The molecule has 4 nitrogen and oxygen atoms in total. The van der Waals surface area contributed by atoms with Gasteiger partial charge in [0, 0.05) is 3.57 Å². The second kappa shape index (κ2) is 3.61. The van der Waals surface area contributed by atoms with Gasteiger partial charge in [-0.15, -0.1) is 0 Å². The number of benzene rings is 1. The molecule has 1 aromatic rings. The van der Waals surface area contributed by atoms with Crippen LogP contribution in [0.3, 0.4) is 0 Å². The van der Waals surface area contributed by atoms with E-state index >= 15 is 0 Å². The number of hydrogen-bond acceptors (Lipinski definition) is 3. The molecule has 0 aliphatic carbocycles. The lowest BCUT2D eigenvalue weighted by molar-refractivity contribution is 0.597. The van der Waals surface area contributed by atoms with Crippen LogP contribution < -0.4 is 5.14 Å². The second-order valence-corrected chi connectivity index (χ2v) is 5.02. The minimum absolute atomic E-state index is 0.0375. The highest BCUT2D eigenvalue weighted by Crippen LogP contribution is 2.15. The number of hydrogen-bond donors (Lipinski definition) is 1. The van der Waals surface area contributed by atoms with Crippen molar-refractivity contribution in [3.63, 3.8) is 0 Å². The summed E-state index contributed by atoms with van der Waals surface area (Å²) in [4.78, 5) is -0.0375. The van der Waals surface area contributed by atoms with Gasteiger partial charge in [0.15, 0.2) is 0 Å². The molecule has 0 atom stereocenters. The van der Waals surface area contributed by atoms with Crippen molar-refractivity contribution >= 4 is 32.6 Å². The zero-order chi connectivity index (χ0) is 10.1. The van der Waals surface area contributed by atoms with E-state index < -0.39 is 10.0 Å². The first-order chi connectivity index (χ1) is 5.95. The van der Waals surface area contributed by atoms with Gasteiger partial charge in [0.25, 0.3) is 0 Å². The lowest BCUT2D eigenvalue weighted by atomic mass is 10.2. The van der Waals surface area contributed by atoms with Gasteiger partial charge in [-0.3, -0.25) is 0 Å². The van der Waals surface area contributed by atoms with E-state index in [0.717, 1.165) is 0 Å². The molecule has 6 heteroatoms. The van der Waals surface area contributed by atoms with Crippen molar-refractivity contribution < 1.29 is 8.42 Å². The molecule has 0 bridgehead atoms. The Morgan fingerprint density at radius 2 is 2.08 bits per heavy atom. The highest BCUT2D eigenvalue weighted by molar-refractivity contribution is 14.1. The van der Waals surface area contributed by atoms with Gasteiger partial charge in [0.1, 0.15) is 6.07 Å². The zero-order valence-electron chi connectivity index (χ0n) is 6.36. The molecule has 0 aromatic heterocycles. The largest absolute Gasteiger partial charge is 0.238 e. The summed E-state index contributed by atoms with van der Waals surface area (Å²) >= 11 is 1.95. The Labute approximate surface area is 89.6 Å². The molecule has 0 heterocycles. The average molecular weight is 308 g/mol. The third kappa shape index (κ3) is 2.40. The van der Waals surface area contributed by atoms with E-state index in [2.05, 4.69) is 0 Å². The number of sulfonamides is 1. The molecular weight excluding hydrogens is 303 g/mol. The molecular formula is C7H5IN2O2S. The van der Waals surface area contributed by atoms with E-state index in [1.807, 2.05) is 28.7 Å². The van der Waals surface area contributed by atoms with Crippen LogP contribution in [0, 0.1) is 14.9 Å². The molecule has 0 radical (unpaired) electrons. The number of halogens is 1. The van der Waals surface area contributed by atoms with E-state index in [1.54, 1.807) is 6.07 Å². The lowest BCUT2D eigenvalue weighted by Gasteiger charge is -1.99. The molecule has 0 saturated carbocycles. The van der Waals surface area contributed by atoms with E-state index in [9.17, 15) is 8.42 Å². The summed E-state index contributed by atoms with van der Waals surface area (Å²) in [5, 5.41) is 13.5. The third-order valence-corrected chi connectivity index (χ3v) is 3.24. The molecule has 0 aliphatic heterocycles. The quantitative estimate of drug-likeness (QED) is 0.779. The fourth-order valence-corrected chi connectivity index (χ4v) is 1.76. The third-order valence-electron chi connectivity index (χ3n) is 1.39. The fraction of sp³-hybridized carbons (Fsp3) is 0. The SMILES string of the molecule is N#Cc1cc(S(N)(=O)=O)ccc1I. The van der Waals surface area contributed by atoms with E-state index in [0.29, 0.717) is 9.13 Å². The second-order valence-electron chi connectivity index (χ2n) is 2.30. The molecule has 0 amide bonds. The number of nitrogens with two attached hydrogens (primary N) is 1. The van der Waals surface area contributed by atoms with Crippen molar-refractivity contribution in [3.8, 4) is 6.07 Å². The van der Waals surface area contributed by atoms with Crippen LogP contribution >= 0.6 is 22.6 Å².